The number of amides is 6. The lowest BCUT2D eigenvalue weighted by Crippen LogP contribution is -2.59. The number of fused-ring (bicyclic) bond motifs is 1. The van der Waals surface area contributed by atoms with Crippen LogP contribution in [0.15, 0.2) is 97.1 Å². The first-order chi connectivity index (χ1) is 28.9. The molecule has 0 saturated carbocycles. The third-order valence-electron chi connectivity index (χ3n) is 11.0. The van der Waals surface area contributed by atoms with E-state index in [9.17, 15) is 33.9 Å². The second-order valence-corrected chi connectivity index (χ2v) is 15.3. The predicted molar refractivity (Wildman–Crippen MR) is 227 cm³/mol. The summed E-state index contributed by atoms with van der Waals surface area (Å²) in [5.41, 5.74) is 7.81. The van der Waals surface area contributed by atoms with Crippen molar-refractivity contribution in [1.29, 1.82) is 0 Å². The van der Waals surface area contributed by atoms with Gasteiger partial charge in [-0.2, -0.15) is 0 Å². The molecule has 1 aliphatic heterocycles. The van der Waals surface area contributed by atoms with Crippen LogP contribution in [0.25, 0.3) is 10.9 Å². The lowest BCUT2D eigenvalue weighted by molar-refractivity contribution is -0.134. The fourth-order valence-corrected chi connectivity index (χ4v) is 7.43. The molecule has 7 atom stereocenters. The van der Waals surface area contributed by atoms with Gasteiger partial charge in [-0.25, -0.2) is 4.98 Å². The molecular weight excluding hydrogens is 765 g/mol. The summed E-state index contributed by atoms with van der Waals surface area (Å²) in [7, 11) is 1.50. The van der Waals surface area contributed by atoms with Crippen LogP contribution >= 0.6 is 0 Å². The van der Waals surface area contributed by atoms with Crippen molar-refractivity contribution in [3.05, 3.63) is 114 Å². The highest BCUT2D eigenvalue weighted by Crippen LogP contribution is 2.21. The molecule has 0 bridgehead atoms. The van der Waals surface area contributed by atoms with Gasteiger partial charge >= 0.3 is 0 Å². The standard InChI is InChI=1S/C45H56N8O7/c1-4-28(2)40(45(60)51-35(41(56)47-3)25-30-16-9-6-10-17-30)52-44(59)37-20-13-23-53(37)27-38(54)34(24-29-14-7-5-8-15-29)49-43(58)36(26-39(46)55)50-42(57)33-22-21-31-18-11-12-19-32(31)48-33/h5-12,14-19,21-22,28,34-38,40,54H,4,13,20,23-27H2,1-3H3,(H2,46,55)(H,47,56)(H,49,58)(H,50,57)(H,51,60)(H,52,59)/t28-,34-,35-,36-,37?,38+,40-/m0/s1. The Balaban J connectivity index is 1.29. The minimum Gasteiger partial charge on any atom is -0.390 e. The maximum Gasteiger partial charge on any atom is 0.270 e. The summed E-state index contributed by atoms with van der Waals surface area (Å²) in [4.78, 5) is 86.2. The lowest BCUT2D eigenvalue weighted by Gasteiger charge is -2.33. The van der Waals surface area contributed by atoms with E-state index in [1.165, 1.54) is 13.1 Å². The van der Waals surface area contributed by atoms with E-state index < -0.39 is 72.3 Å². The molecule has 15 heteroatoms. The second-order valence-electron chi connectivity index (χ2n) is 15.3. The Kier molecular flexibility index (Phi) is 16.2. The van der Waals surface area contributed by atoms with E-state index in [0.29, 0.717) is 31.3 Å². The predicted octanol–water partition coefficient (Wildman–Crippen LogP) is 1.77. The molecule has 0 aliphatic carbocycles. The van der Waals surface area contributed by atoms with Crippen LogP contribution in [0, 0.1) is 5.92 Å². The van der Waals surface area contributed by atoms with E-state index in [4.69, 9.17) is 5.73 Å². The van der Waals surface area contributed by atoms with Crippen molar-refractivity contribution < 1.29 is 33.9 Å². The van der Waals surface area contributed by atoms with Crippen molar-refractivity contribution in [1.82, 2.24) is 36.5 Å². The number of para-hydroxylation sites is 1. The third kappa shape index (κ3) is 12.4. The van der Waals surface area contributed by atoms with E-state index in [1.807, 2.05) is 91.5 Å². The van der Waals surface area contributed by atoms with Crippen molar-refractivity contribution in [2.45, 2.75) is 88.7 Å². The number of benzene rings is 3. The topological polar surface area (TPSA) is 225 Å². The molecule has 60 heavy (non-hydrogen) atoms. The van der Waals surface area contributed by atoms with Crippen molar-refractivity contribution in [2.24, 2.45) is 11.7 Å². The summed E-state index contributed by atoms with van der Waals surface area (Å²) in [5, 5.41) is 26.5. The Hall–Kier alpha value is -6.19. The van der Waals surface area contributed by atoms with Crippen LogP contribution in [0.3, 0.4) is 0 Å². The first-order valence-corrected chi connectivity index (χ1v) is 20.4. The monoisotopic (exact) mass is 820 g/mol. The van der Waals surface area contributed by atoms with Crippen LogP contribution in [0.1, 0.15) is 61.1 Å². The highest BCUT2D eigenvalue weighted by Gasteiger charge is 2.38. The van der Waals surface area contributed by atoms with Gasteiger partial charge < -0.3 is 37.4 Å². The van der Waals surface area contributed by atoms with Crippen molar-refractivity contribution in [2.75, 3.05) is 20.1 Å². The molecule has 318 valence electrons. The first kappa shape index (κ1) is 44.9. The molecule has 1 unspecified atom stereocenters. The highest BCUT2D eigenvalue weighted by atomic mass is 16.3. The maximum atomic E-state index is 14.0. The molecule has 0 radical (unpaired) electrons. The Labute approximate surface area is 350 Å². The smallest absolute Gasteiger partial charge is 0.270 e. The van der Waals surface area contributed by atoms with E-state index in [-0.39, 0.29) is 36.9 Å². The fraction of sp³-hybridized carbons (Fsp3) is 0.400. The van der Waals surface area contributed by atoms with Crippen molar-refractivity contribution >= 4 is 46.3 Å². The van der Waals surface area contributed by atoms with Crippen LogP contribution in [0.4, 0.5) is 0 Å². The first-order valence-electron chi connectivity index (χ1n) is 20.4. The van der Waals surface area contributed by atoms with Gasteiger partial charge in [0.25, 0.3) is 5.91 Å². The molecule has 2 heterocycles. The number of nitrogens with zero attached hydrogens (tertiary/aromatic N) is 2. The number of hydrogen-bond acceptors (Lipinski definition) is 9. The molecule has 0 spiro atoms. The number of pyridine rings is 1. The molecule has 3 aromatic carbocycles. The average molecular weight is 821 g/mol. The normalized spacial score (nSPS) is 17.0. The van der Waals surface area contributed by atoms with Gasteiger partial charge in [0.05, 0.1) is 30.1 Å². The number of aromatic nitrogens is 1. The number of nitrogens with two attached hydrogens (primary N) is 1. The molecule has 1 fully saturated rings. The SMILES string of the molecule is CC[C@H](C)[C@H](NC(=O)C1CCCN1C[C@@H](O)[C@H](Cc1ccccc1)NC(=O)[C@H](CC(N)=O)NC(=O)c1ccc2ccccc2n1)C(=O)N[C@@H](Cc1ccccc1)C(=O)NC. The van der Waals surface area contributed by atoms with Gasteiger partial charge in [0.1, 0.15) is 23.8 Å². The molecule has 8 N–H and O–H groups in total. The largest absolute Gasteiger partial charge is 0.390 e. The molecule has 5 rings (SSSR count). The number of rotatable bonds is 20. The molecule has 1 saturated heterocycles. The van der Waals surface area contributed by atoms with Gasteiger partial charge in [-0.05, 0) is 55.0 Å². The third-order valence-corrected chi connectivity index (χ3v) is 11.0. The lowest BCUT2D eigenvalue weighted by atomic mass is 9.96. The van der Waals surface area contributed by atoms with Gasteiger partial charge in [0.15, 0.2) is 0 Å². The number of primary amides is 1. The number of aliphatic hydroxyl groups is 1. The number of aliphatic hydroxyl groups excluding tert-OH is 1. The summed E-state index contributed by atoms with van der Waals surface area (Å²) in [6.45, 7) is 4.22. The van der Waals surface area contributed by atoms with Crippen LogP contribution in [0.5, 0.6) is 0 Å². The summed E-state index contributed by atoms with van der Waals surface area (Å²) < 4.78 is 0. The maximum absolute atomic E-state index is 14.0. The number of hydrogen-bond donors (Lipinski definition) is 7. The molecule has 15 nitrogen and oxygen atoms in total. The van der Waals surface area contributed by atoms with Crippen LogP contribution in [-0.2, 0) is 36.8 Å². The number of carbonyl (C=O) groups excluding carboxylic acids is 6. The number of nitrogens with one attached hydrogen (secondary N) is 5. The van der Waals surface area contributed by atoms with E-state index in [2.05, 4.69) is 31.6 Å². The van der Waals surface area contributed by atoms with Crippen molar-refractivity contribution in [3.8, 4) is 0 Å². The fourth-order valence-electron chi connectivity index (χ4n) is 7.43. The summed E-state index contributed by atoms with van der Waals surface area (Å²) in [5.74, 6) is -3.74. The molecule has 1 aliphatic rings. The van der Waals surface area contributed by atoms with E-state index in [0.717, 1.165) is 16.5 Å². The summed E-state index contributed by atoms with van der Waals surface area (Å²) in [6.07, 6.45) is 0.419. The zero-order valence-electron chi connectivity index (χ0n) is 34.3. The van der Waals surface area contributed by atoms with Gasteiger partial charge in [0, 0.05) is 25.4 Å². The molecule has 4 aromatic rings. The molecular formula is C45H56N8O7. The van der Waals surface area contributed by atoms with Gasteiger partial charge in [-0.15, -0.1) is 0 Å². The van der Waals surface area contributed by atoms with Crippen LogP contribution < -0.4 is 32.3 Å². The number of β-amino-alcohol motifs (C(OH)–C–C–N with tert-alkyl or cyclic N) is 1. The molecule has 1 aromatic heterocycles. The zero-order valence-corrected chi connectivity index (χ0v) is 34.3. The van der Waals surface area contributed by atoms with Gasteiger partial charge in [-0.1, -0.05) is 105 Å². The minimum absolute atomic E-state index is 0.0141. The minimum atomic E-state index is -1.38. The van der Waals surface area contributed by atoms with Gasteiger partial charge in [-0.3, -0.25) is 33.7 Å². The van der Waals surface area contributed by atoms with Crippen LogP contribution in [0.2, 0.25) is 0 Å². The van der Waals surface area contributed by atoms with Gasteiger partial charge in [0.2, 0.25) is 29.5 Å². The number of likely N-dealkylation sites (tertiary alicyclic amines) is 1. The van der Waals surface area contributed by atoms with E-state index >= 15 is 0 Å². The number of likely N-dealkylation sites (N-methyl/N-ethyl adjacent to an activating group) is 1. The van der Waals surface area contributed by atoms with Crippen LogP contribution in [-0.4, -0.2) is 107 Å². The Morgan fingerprint density at radius 2 is 1.43 bits per heavy atom. The summed E-state index contributed by atoms with van der Waals surface area (Å²) >= 11 is 0. The number of carbonyl (C=O) groups is 6. The second kappa shape index (κ2) is 21.7. The Bertz CT molecular complexity index is 2100. The Morgan fingerprint density at radius 3 is 2.08 bits per heavy atom. The quantitative estimate of drug-likeness (QED) is 0.0689. The Morgan fingerprint density at radius 1 is 0.783 bits per heavy atom. The highest BCUT2D eigenvalue weighted by molar-refractivity contribution is 5.99. The molecule has 6 amide bonds. The van der Waals surface area contributed by atoms with E-state index in [1.54, 1.807) is 18.2 Å². The average Bonchev–Trinajstić information content (AvgIpc) is 3.72. The summed E-state index contributed by atoms with van der Waals surface area (Å²) in [6, 6.07) is 24.2. The zero-order chi connectivity index (χ0) is 43.2. The van der Waals surface area contributed by atoms with Crippen molar-refractivity contribution in [3.63, 3.8) is 0 Å².